The molecular formula is C21H21N3O4S. The fourth-order valence-electron chi connectivity index (χ4n) is 2.92. The van der Waals surface area contributed by atoms with Crippen LogP contribution < -0.4 is 14.8 Å². The van der Waals surface area contributed by atoms with Crippen LogP contribution in [-0.4, -0.2) is 38.4 Å². The molecule has 150 valence electrons. The lowest BCUT2D eigenvalue weighted by molar-refractivity contribution is -0.115. The van der Waals surface area contributed by atoms with Crippen molar-refractivity contribution in [2.75, 3.05) is 18.5 Å². The number of hydrogen-bond donors (Lipinski definition) is 1. The fraction of sp³-hybridized carbons (Fsp3) is 0.238. The van der Waals surface area contributed by atoms with Crippen molar-refractivity contribution >= 4 is 22.4 Å². The van der Waals surface area contributed by atoms with Gasteiger partial charge in [0.25, 0.3) is 0 Å². The average Bonchev–Trinajstić information content (AvgIpc) is 3.22. The lowest BCUT2D eigenvalue weighted by atomic mass is 10.2. The van der Waals surface area contributed by atoms with Crippen LogP contribution in [0.15, 0.2) is 60.8 Å². The zero-order valence-corrected chi connectivity index (χ0v) is 16.7. The van der Waals surface area contributed by atoms with Crippen molar-refractivity contribution in [2.24, 2.45) is 0 Å². The lowest BCUT2D eigenvalue weighted by Crippen LogP contribution is -2.30. The van der Waals surface area contributed by atoms with Gasteiger partial charge in [0.15, 0.2) is 11.5 Å². The number of carbonyl (C=O) groups excluding carboxylic acids is 1. The second kappa shape index (κ2) is 8.48. The number of para-hydroxylation sites is 1. The molecule has 0 bridgehead atoms. The van der Waals surface area contributed by atoms with Crippen molar-refractivity contribution in [3.63, 3.8) is 0 Å². The van der Waals surface area contributed by atoms with Crippen LogP contribution in [0, 0.1) is 0 Å². The van der Waals surface area contributed by atoms with Gasteiger partial charge in [-0.15, -0.1) is 0 Å². The Morgan fingerprint density at radius 3 is 2.69 bits per heavy atom. The number of rotatable bonds is 6. The fourth-order valence-corrected chi connectivity index (χ4v) is 3.91. The molecule has 0 saturated carbocycles. The minimum atomic E-state index is -1.41. The first-order valence-corrected chi connectivity index (χ1v) is 10.7. The Morgan fingerprint density at radius 2 is 1.90 bits per heavy atom. The van der Waals surface area contributed by atoms with Gasteiger partial charge < -0.3 is 14.8 Å². The van der Waals surface area contributed by atoms with Crippen molar-refractivity contribution in [2.45, 2.75) is 17.9 Å². The maximum atomic E-state index is 12.7. The molecule has 7 nitrogen and oxygen atoms in total. The van der Waals surface area contributed by atoms with E-state index in [0.717, 1.165) is 5.69 Å². The van der Waals surface area contributed by atoms with Crippen molar-refractivity contribution in [3.8, 4) is 17.2 Å². The van der Waals surface area contributed by atoms with Gasteiger partial charge in [0.2, 0.25) is 5.91 Å². The number of fused-ring (bicyclic) bond motifs is 1. The molecular weight excluding hydrogens is 390 g/mol. The highest BCUT2D eigenvalue weighted by Gasteiger charge is 2.22. The Bertz CT molecular complexity index is 1040. The molecule has 2 aromatic carbocycles. The lowest BCUT2D eigenvalue weighted by Gasteiger charge is -2.19. The second-order valence-electron chi connectivity index (χ2n) is 6.60. The van der Waals surface area contributed by atoms with Gasteiger partial charge in [0, 0.05) is 28.8 Å². The molecule has 0 fully saturated rings. The number of carbonyl (C=O) groups is 1. The summed E-state index contributed by atoms with van der Waals surface area (Å²) in [5.41, 5.74) is 2.18. The predicted molar refractivity (Wildman–Crippen MR) is 111 cm³/mol. The van der Waals surface area contributed by atoms with E-state index >= 15 is 0 Å². The minimum absolute atomic E-state index is 0.204. The number of nitrogens with one attached hydrogen (secondary N) is 1. The summed E-state index contributed by atoms with van der Waals surface area (Å²) in [4.78, 5) is 12.5. The molecule has 8 heteroatoms. The van der Waals surface area contributed by atoms with Crippen LogP contribution in [0.2, 0.25) is 0 Å². The predicted octanol–water partition coefficient (Wildman–Crippen LogP) is 2.92. The molecule has 0 radical (unpaired) electrons. The summed E-state index contributed by atoms with van der Waals surface area (Å²) in [5, 5.41) is 6.56. The number of anilines is 1. The monoisotopic (exact) mass is 411 g/mol. The Labute approximate surface area is 171 Å². The molecule has 2 heterocycles. The molecule has 3 aromatic rings. The number of aromatic nitrogens is 2. The summed E-state index contributed by atoms with van der Waals surface area (Å²) in [6.45, 7) is 2.63. The SMILES string of the molecule is CC(C(=O)Nc1ccc2c(c1)OCCO2)S(=O)Cc1ccn(-c2ccccc2)n1. The second-order valence-corrected chi connectivity index (χ2v) is 8.36. The number of benzene rings is 2. The van der Waals surface area contributed by atoms with E-state index < -0.39 is 16.0 Å². The van der Waals surface area contributed by atoms with Gasteiger partial charge in [-0.3, -0.25) is 9.00 Å². The molecule has 1 aromatic heterocycles. The number of amides is 1. The Morgan fingerprint density at radius 1 is 1.14 bits per heavy atom. The smallest absolute Gasteiger partial charge is 0.239 e. The van der Waals surface area contributed by atoms with E-state index in [4.69, 9.17) is 9.47 Å². The van der Waals surface area contributed by atoms with E-state index in [9.17, 15) is 9.00 Å². The molecule has 2 unspecified atom stereocenters. The average molecular weight is 411 g/mol. The zero-order valence-electron chi connectivity index (χ0n) is 15.9. The number of ether oxygens (including phenoxy) is 2. The maximum Gasteiger partial charge on any atom is 0.239 e. The summed E-state index contributed by atoms with van der Waals surface area (Å²) >= 11 is 0. The van der Waals surface area contributed by atoms with Gasteiger partial charge >= 0.3 is 0 Å². The Balaban J connectivity index is 1.38. The molecule has 1 N–H and O–H groups in total. The molecule has 1 aliphatic heterocycles. The van der Waals surface area contributed by atoms with Crippen LogP contribution in [0.25, 0.3) is 5.69 Å². The molecule has 2 atom stereocenters. The van der Waals surface area contributed by atoms with Crippen LogP contribution in [0.4, 0.5) is 5.69 Å². The van der Waals surface area contributed by atoms with Gasteiger partial charge in [0.1, 0.15) is 18.5 Å². The quantitative estimate of drug-likeness (QED) is 0.674. The van der Waals surface area contributed by atoms with Crippen molar-refractivity contribution < 1.29 is 18.5 Å². The topological polar surface area (TPSA) is 82.5 Å². The Kier molecular flexibility index (Phi) is 5.62. The maximum absolute atomic E-state index is 12.7. The van der Waals surface area contributed by atoms with E-state index in [1.807, 2.05) is 42.6 Å². The van der Waals surface area contributed by atoms with Gasteiger partial charge in [-0.25, -0.2) is 4.68 Å². The third-order valence-corrected chi connectivity index (χ3v) is 6.11. The van der Waals surface area contributed by atoms with Crippen LogP contribution in [0.1, 0.15) is 12.6 Å². The first-order valence-electron chi connectivity index (χ1n) is 9.28. The van der Waals surface area contributed by atoms with E-state index in [-0.39, 0.29) is 11.7 Å². The van der Waals surface area contributed by atoms with Crippen molar-refractivity contribution in [1.82, 2.24) is 9.78 Å². The van der Waals surface area contributed by atoms with Gasteiger partial charge in [-0.05, 0) is 37.3 Å². The molecule has 1 aliphatic rings. The molecule has 0 aliphatic carbocycles. The van der Waals surface area contributed by atoms with E-state index in [0.29, 0.717) is 36.1 Å². The first-order chi connectivity index (χ1) is 14.1. The van der Waals surface area contributed by atoms with Crippen molar-refractivity contribution in [3.05, 3.63) is 66.5 Å². The van der Waals surface area contributed by atoms with Crippen LogP contribution in [-0.2, 0) is 21.3 Å². The highest BCUT2D eigenvalue weighted by molar-refractivity contribution is 7.85. The van der Waals surface area contributed by atoms with Crippen LogP contribution in [0.5, 0.6) is 11.5 Å². The summed E-state index contributed by atoms with van der Waals surface area (Å²) in [6.07, 6.45) is 1.82. The van der Waals surface area contributed by atoms with Crippen LogP contribution >= 0.6 is 0 Å². The first kappa shape index (κ1) is 19.2. The third-order valence-electron chi connectivity index (χ3n) is 4.53. The van der Waals surface area contributed by atoms with Crippen LogP contribution in [0.3, 0.4) is 0 Å². The molecule has 0 spiro atoms. The molecule has 4 rings (SSSR count). The van der Waals surface area contributed by atoms with Gasteiger partial charge in [0.05, 0.1) is 17.1 Å². The van der Waals surface area contributed by atoms with E-state index in [1.165, 1.54) is 0 Å². The summed E-state index contributed by atoms with van der Waals surface area (Å²) in [6, 6.07) is 16.7. The van der Waals surface area contributed by atoms with E-state index in [1.54, 1.807) is 29.8 Å². The van der Waals surface area contributed by atoms with Gasteiger partial charge in [-0.1, -0.05) is 18.2 Å². The number of nitrogens with zero attached hydrogens (tertiary/aromatic N) is 2. The normalized spacial score (nSPS) is 14.8. The van der Waals surface area contributed by atoms with E-state index in [2.05, 4.69) is 10.4 Å². The largest absolute Gasteiger partial charge is 0.486 e. The summed E-state index contributed by atoms with van der Waals surface area (Å²) < 4.78 is 25.4. The zero-order chi connectivity index (χ0) is 20.2. The third kappa shape index (κ3) is 4.48. The van der Waals surface area contributed by atoms with Gasteiger partial charge in [-0.2, -0.15) is 5.10 Å². The molecule has 29 heavy (non-hydrogen) atoms. The number of hydrogen-bond acceptors (Lipinski definition) is 5. The minimum Gasteiger partial charge on any atom is -0.486 e. The molecule has 0 saturated heterocycles. The Hall–Kier alpha value is -3.13. The molecule has 1 amide bonds. The summed E-state index contributed by atoms with van der Waals surface area (Å²) in [7, 11) is -1.41. The standard InChI is InChI=1S/C21H21N3O4S/c1-15(21(25)22-16-7-8-19-20(13-16)28-12-11-27-19)29(26)14-17-9-10-24(23-17)18-5-3-2-4-6-18/h2-10,13,15H,11-12,14H2,1H3,(H,22,25). The van der Waals surface area contributed by atoms with Crippen molar-refractivity contribution in [1.29, 1.82) is 0 Å². The highest BCUT2D eigenvalue weighted by atomic mass is 32.2. The highest BCUT2D eigenvalue weighted by Crippen LogP contribution is 2.32. The summed E-state index contributed by atoms with van der Waals surface area (Å²) in [5.74, 6) is 1.13.